The third-order valence-electron chi connectivity index (χ3n) is 4.72. The molecule has 2 saturated heterocycles. The van der Waals surface area contributed by atoms with Gasteiger partial charge >= 0.3 is 0 Å². The molecule has 2 fully saturated rings. The van der Waals surface area contributed by atoms with Crippen LogP contribution in [0.2, 0.25) is 0 Å². The van der Waals surface area contributed by atoms with Crippen molar-refractivity contribution in [1.82, 2.24) is 9.62 Å². The number of carbonyl (C=O) groups is 1. The molecule has 0 radical (unpaired) electrons. The molecule has 2 heterocycles. The number of amides is 1. The fourth-order valence-electron chi connectivity index (χ4n) is 3.33. The van der Waals surface area contributed by atoms with E-state index in [1.54, 1.807) is 6.92 Å². The number of hydrogen-bond donors (Lipinski definition) is 1. The first-order chi connectivity index (χ1) is 11.6. The van der Waals surface area contributed by atoms with Gasteiger partial charge < -0.3 is 5.32 Å². The smallest absolute Gasteiger partial charge is 0.251 e. The van der Waals surface area contributed by atoms with Crippen molar-refractivity contribution in [3.63, 3.8) is 0 Å². The molecule has 9 heteroatoms. The summed E-state index contributed by atoms with van der Waals surface area (Å²) in [6.07, 6.45) is 2.03. The maximum atomic E-state index is 12.6. The summed E-state index contributed by atoms with van der Waals surface area (Å²) in [6.45, 7) is 2.68. The third kappa shape index (κ3) is 3.88. The lowest BCUT2D eigenvalue weighted by atomic mass is 10.0. The lowest BCUT2D eigenvalue weighted by Crippen LogP contribution is -2.46. The van der Waals surface area contributed by atoms with E-state index in [1.165, 1.54) is 28.6 Å². The number of sulfone groups is 1. The van der Waals surface area contributed by atoms with Crippen LogP contribution in [-0.4, -0.2) is 57.2 Å². The van der Waals surface area contributed by atoms with Crippen molar-refractivity contribution in [1.29, 1.82) is 0 Å². The first kappa shape index (κ1) is 18.3. The molecule has 1 amide bonds. The average Bonchev–Trinajstić information content (AvgIpc) is 3.16. The Balaban J connectivity index is 1.81. The molecular formula is C16H22N2O5S2. The van der Waals surface area contributed by atoms with Crippen LogP contribution < -0.4 is 5.32 Å². The standard InChI is InChI=1S/C16H22N2O5S2/c1-16(7-10-24(20,21)12-16)17-15(19)13-5-4-6-14(11-13)25(22,23)18-8-2-3-9-18/h4-6,11H,2-3,7-10,12H2,1H3,(H,17,19)/t16-/m1/s1. The van der Waals surface area contributed by atoms with E-state index in [0.29, 0.717) is 19.5 Å². The highest BCUT2D eigenvalue weighted by atomic mass is 32.2. The van der Waals surface area contributed by atoms with Gasteiger partial charge in [-0.25, -0.2) is 16.8 Å². The number of sulfonamides is 1. The topological polar surface area (TPSA) is 101 Å². The highest BCUT2D eigenvalue weighted by Gasteiger charge is 2.39. The predicted octanol–water partition coefficient (Wildman–Crippen LogP) is 0.778. The minimum absolute atomic E-state index is 0.0488. The van der Waals surface area contributed by atoms with Crippen LogP contribution in [0.4, 0.5) is 0 Å². The van der Waals surface area contributed by atoms with E-state index < -0.39 is 31.3 Å². The van der Waals surface area contributed by atoms with Crippen molar-refractivity contribution < 1.29 is 21.6 Å². The molecule has 0 unspecified atom stereocenters. The Hall–Kier alpha value is -1.45. The maximum Gasteiger partial charge on any atom is 0.251 e. The Morgan fingerprint density at radius 2 is 1.92 bits per heavy atom. The van der Waals surface area contributed by atoms with E-state index in [9.17, 15) is 21.6 Å². The van der Waals surface area contributed by atoms with Gasteiger partial charge in [0.05, 0.1) is 21.9 Å². The van der Waals surface area contributed by atoms with E-state index in [0.717, 1.165) is 12.8 Å². The van der Waals surface area contributed by atoms with E-state index in [1.807, 2.05) is 0 Å². The number of hydrogen-bond acceptors (Lipinski definition) is 5. The summed E-state index contributed by atoms with van der Waals surface area (Å²) in [5.74, 6) is -0.511. The lowest BCUT2D eigenvalue weighted by molar-refractivity contribution is 0.0915. The first-order valence-corrected chi connectivity index (χ1v) is 11.5. The van der Waals surface area contributed by atoms with Crippen LogP contribution in [0.25, 0.3) is 0 Å². The maximum absolute atomic E-state index is 12.6. The van der Waals surface area contributed by atoms with Gasteiger partial charge in [-0.05, 0) is 44.4 Å². The summed E-state index contributed by atoms with van der Waals surface area (Å²) in [5.41, 5.74) is -0.606. The second-order valence-corrected chi connectivity index (χ2v) is 11.1. The molecule has 7 nitrogen and oxygen atoms in total. The summed E-state index contributed by atoms with van der Waals surface area (Å²) < 4.78 is 50.0. The Labute approximate surface area is 148 Å². The minimum Gasteiger partial charge on any atom is -0.346 e. The monoisotopic (exact) mass is 386 g/mol. The summed E-state index contributed by atoms with van der Waals surface area (Å²) in [6, 6.07) is 5.90. The third-order valence-corrected chi connectivity index (χ3v) is 8.52. The van der Waals surface area contributed by atoms with Crippen molar-refractivity contribution in [2.24, 2.45) is 0 Å². The normalized spacial score (nSPS) is 26.6. The Bertz CT molecular complexity index is 889. The predicted molar refractivity (Wildman–Crippen MR) is 93.6 cm³/mol. The summed E-state index contributed by atoms with van der Waals surface area (Å²) in [5, 5.41) is 2.75. The zero-order valence-corrected chi connectivity index (χ0v) is 15.7. The molecule has 1 N–H and O–H groups in total. The van der Waals surface area contributed by atoms with E-state index >= 15 is 0 Å². The molecular weight excluding hydrogens is 364 g/mol. The SMILES string of the molecule is C[C@@]1(NC(=O)c2cccc(S(=O)(=O)N3CCCC3)c2)CCS(=O)(=O)C1. The van der Waals surface area contributed by atoms with Gasteiger partial charge in [-0.2, -0.15) is 4.31 Å². The van der Waals surface area contributed by atoms with Crippen molar-refractivity contribution in [2.45, 2.75) is 36.6 Å². The molecule has 2 aliphatic heterocycles. The van der Waals surface area contributed by atoms with Crippen LogP contribution >= 0.6 is 0 Å². The molecule has 2 aliphatic rings. The fourth-order valence-corrected chi connectivity index (χ4v) is 6.99. The van der Waals surface area contributed by atoms with Gasteiger partial charge in [0, 0.05) is 18.7 Å². The second kappa shape index (κ2) is 6.37. The average molecular weight is 386 g/mol. The number of benzene rings is 1. The molecule has 0 aromatic heterocycles. The summed E-state index contributed by atoms with van der Waals surface area (Å²) in [4.78, 5) is 12.6. The van der Waals surface area contributed by atoms with Crippen molar-refractivity contribution in [3.05, 3.63) is 29.8 Å². The number of nitrogens with one attached hydrogen (secondary N) is 1. The number of nitrogens with zero attached hydrogens (tertiary/aromatic N) is 1. The van der Waals surface area contributed by atoms with Gasteiger partial charge in [0.15, 0.2) is 9.84 Å². The zero-order valence-electron chi connectivity index (χ0n) is 14.1. The Kier molecular flexibility index (Phi) is 4.67. The quantitative estimate of drug-likeness (QED) is 0.824. The highest BCUT2D eigenvalue weighted by molar-refractivity contribution is 7.91. The first-order valence-electron chi connectivity index (χ1n) is 8.25. The molecule has 25 heavy (non-hydrogen) atoms. The van der Waals surface area contributed by atoms with Gasteiger partial charge in [0.1, 0.15) is 0 Å². The van der Waals surface area contributed by atoms with Crippen molar-refractivity contribution in [3.8, 4) is 0 Å². The van der Waals surface area contributed by atoms with Gasteiger partial charge in [0.2, 0.25) is 10.0 Å². The molecule has 1 aromatic rings. The van der Waals surface area contributed by atoms with E-state index in [4.69, 9.17) is 0 Å². The summed E-state index contributed by atoms with van der Waals surface area (Å²) in [7, 11) is -6.74. The van der Waals surface area contributed by atoms with Gasteiger partial charge in [0.25, 0.3) is 5.91 Å². The zero-order chi connectivity index (χ0) is 18.3. The van der Waals surface area contributed by atoms with Crippen molar-refractivity contribution >= 4 is 25.8 Å². The van der Waals surface area contributed by atoms with Crippen LogP contribution in [-0.2, 0) is 19.9 Å². The summed E-state index contributed by atoms with van der Waals surface area (Å²) >= 11 is 0. The van der Waals surface area contributed by atoms with Crippen LogP contribution in [0, 0.1) is 0 Å². The minimum atomic E-state index is -3.60. The van der Waals surface area contributed by atoms with Crippen LogP contribution in [0.3, 0.4) is 0 Å². The number of rotatable bonds is 4. The Morgan fingerprint density at radius 1 is 1.24 bits per heavy atom. The largest absolute Gasteiger partial charge is 0.346 e. The number of carbonyl (C=O) groups excluding carboxylic acids is 1. The van der Waals surface area contributed by atoms with Gasteiger partial charge in [-0.1, -0.05) is 6.07 Å². The fraction of sp³-hybridized carbons (Fsp3) is 0.562. The molecule has 3 rings (SSSR count). The van der Waals surface area contributed by atoms with Gasteiger partial charge in [-0.15, -0.1) is 0 Å². The molecule has 138 valence electrons. The van der Waals surface area contributed by atoms with Crippen LogP contribution in [0.5, 0.6) is 0 Å². The van der Waals surface area contributed by atoms with Crippen molar-refractivity contribution in [2.75, 3.05) is 24.6 Å². The van der Waals surface area contributed by atoms with Gasteiger partial charge in [-0.3, -0.25) is 4.79 Å². The van der Waals surface area contributed by atoms with Crippen LogP contribution in [0.1, 0.15) is 36.5 Å². The molecule has 0 bridgehead atoms. The molecule has 1 atom stereocenters. The Morgan fingerprint density at radius 3 is 2.52 bits per heavy atom. The van der Waals surface area contributed by atoms with E-state index in [2.05, 4.69) is 5.32 Å². The highest BCUT2D eigenvalue weighted by Crippen LogP contribution is 2.25. The molecule has 1 aromatic carbocycles. The van der Waals surface area contributed by atoms with E-state index in [-0.39, 0.29) is 22.0 Å². The van der Waals surface area contributed by atoms with Crippen LogP contribution in [0.15, 0.2) is 29.2 Å². The molecule has 0 saturated carbocycles. The molecule has 0 spiro atoms. The second-order valence-electron chi connectivity index (χ2n) is 7.00. The lowest BCUT2D eigenvalue weighted by Gasteiger charge is -2.24. The molecule has 0 aliphatic carbocycles.